The fourth-order valence-corrected chi connectivity index (χ4v) is 6.27. The third kappa shape index (κ3) is 15.8. The molecule has 0 aromatic carbocycles. The zero-order chi connectivity index (χ0) is 23.1. The van der Waals surface area contributed by atoms with E-state index in [0.717, 1.165) is 51.1 Å². The van der Waals surface area contributed by atoms with Gasteiger partial charge in [-0.1, -0.05) is 26.7 Å². The molecule has 0 heterocycles. The Morgan fingerprint density at radius 3 is 0.967 bits per heavy atom. The van der Waals surface area contributed by atoms with E-state index in [2.05, 4.69) is 24.5 Å². The summed E-state index contributed by atoms with van der Waals surface area (Å²) >= 11 is 0. The maximum atomic E-state index is 5.33. The van der Waals surface area contributed by atoms with Gasteiger partial charge in [0.25, 0.3) is 0 Å². The first-order chi connectivity index (χ1) is 14.5. The van der Waals surface area contributed by atoms with Crippen molar-refractivity contribution in [2.24, 2.45) is 0 Å². The van der Waals surface area contributed by atoms with Crippen LogP contribution in [0, 0.1) is 0 Å². The van der Waals surface area contributed by atoms with Gasteiger partial charge in [0.2, 0.25) is 0 Å². The Morgan fingerprint density at radius 1 is 0.467 bits per heavy atom. The van der Waals surface area contributed by atoms with Gasteiger partial charge in [0.1, 0.15) is 0 Å². The molecule has 0 amide bonds. The van der Waals surface area contributed by atoms with Crippen LogP contribution in [0.5, 0.6) is 0 Å². The van der Waals surface area contributed by atoms with Crippen molar-refractivity contribution < 1.29 is 26.6 Å². The van der Waals surface area contributed by atoms with Crippen molar-refractivity contribution in [3.8, 4) is 0 Å². The number of nitrogens with one attached hydrogen (secondary N) is 2. The summed E-state index contributed by atoms with van der Waals surface area (Å²) in [6.07, 6.45) is 7.01. The highest BCUT2D eigenvalue weighted by Crippen LogP contribution is 2.15. The summed E-state index contributed by atoms with van der Waals surface area (Å²) in [6.45, 7) is 8.59. The van der Waals surface area contributed by atoms with Crippen LogP contribution in [0.3, 0.4) is 0 Å². The van der Waals surface area contributed by atoms with Crippen LogP contribution in [0.1, 0.15) is 52.4 Å². The van der Waals surface area contributed by atoms with Crippen LogP contribution in [0.2, 0.25) is 12.1 Å². The molecule has 2 N–H and O–H groups in total. The largest absolute Gasteiger partial charge is 0.500 e. The van der Waals surface area contributed by atoms with Crippen molar-refractivity contribution in [2.45, 2.75) is 64.5 Å². The standard InChI is InChI=1S/2C10H25NO3Si/c2*1-5-6-8-11-9-7-10-15(12-2,13-3)14-4/h2*11H,5-10H2,1-4H3. The molecule has 0 saturated carbocycles. The first-order valence-corrected chi connectivity index (χ1v) is 15.1. The molecule has 0 rings (SSSR count). The quantitative estimate of drug-likeness (QED) is 0.207. The van der Waals surface area contributed by atoms with Gasteiger partial charge >= 0.3 is 17.6 Å². The van der Waals surface area contributed by atoms with Crippen molar-refractivity contribution in [1.29, 1.82) is 0 Å². The molecule has 0 aliphatic heterocycles. The number of hydrogen-bond acceptors (Lipinski definition) is 8. The molecule has 0 aliphatic carbocycles. The molecule has 0 unspecified atom stereocenters. The van der Waals surface area contributed by atoms with E-state index in [-0.39, 0.29) is 0 Å². The van der Waals surface area contributed by atoms with Gasteiger partial charge in [0, 0.05) is 54.7 Å². The van der Waals surface area contributed by atoms with E-state index in [1.165, 1.54) is 25.7 Å². The number of rotatable bonds is 20. The summed E-state index contributed by atoms with van der Waals surface area (Å²) in [5.74, 6) is 0. The van der Waals surface area contributed by atoms with Crippen molar-refractivity contribution in [1.82, 2.24) is 10.6 Å². The molecule has 0 fully saturated rings. The molecule has 0 spiro atoms. The van der Waals surface area contributed by atoms with E-state index in [0.29, 0.717) is 0 Å². The lowest BCUT2D eigenvalue weighted by atomic mass is 10.3. The second-order valence-electron chi connectivity index (χ2n) is 7.00. The molecule has 0 radical (unpaired) electrons. The topological polar surface area (TPSA) is 79.4 Å². The average Bonchev–Trinajstić information content (AvgIpc) is 2.80. The Labute approximate surface area is 188 Å². The van der Waals surface area contributed by atoms with Crippen molar-refractivity contribution >= 4 is 17.6 Å². The minimum absolute atomic E-state index is 0.871. The van der Waals surface area contributed by atoms with Crippen LogP contribution >= 0.6 is 0 Å². The van der Waals surface area contributed by atoms with Gasteiger partial charge in [-0.2, -0.15) is 0 Å². The molecule has 0 atom stereocenters. The van der Waals surface area contributed by atoms with E-state index in [9.17, 15) is 0 Å². The zero-order valence-electron chi connectivity index (χ0n) is 20.9. The lowest BCUT2D eigenvalue weighted by Gasteiger charge is -2.24. The van der Waals surface area contributed by atoms with Crippen LogP contribution in [0.15, 0.2) is 0 Å². The summed E-state index contributed by atoms with van der Waals surface area (Å²) in [5.41, 5.74) is 0. The minimum atomic E-state index is -2.33. The smallest absolute Gasteiger partial charge is 0.377 e. The second-order valence-corrected chi connectivity index (χ2v) is 13.2. The van der Waals surface area contributed by atoms with Gasteiger partial charge in [0.15, 0.2) is 0 Å². The Morgan fingerprint density at radius 2 is 0.733 bits per heavy atom. The van der Waals surface area contributed by atoms with Crippen molar-refractivity contribution in [3.05, 3.63) is 0 Å². The molecular weight excluding hydrogens is 420 g/mol. The van der Waals surface area contributed by atoms with E-state index in [1.807, 2.05) is 0 Å². The Bertz CT molecular complexity index is 301. The van der Waals surface area contributed by atoms with Gasteiger partial charge in [0.05, 0.1) is 0 Å². The third-order valence-corrected chi connectivity index (χ3v) is 10.6. The van der Waals surface area contributed by atoms with Crippen LogP contribution < -0.4 is 10.6 Å². The Kier molecular flexibility index (Phi) is 24.0. The summed E-state index contributed by atoms with van der Waals surface area (Å²) in [7, 11) is 5.29. The molecule has 30 heavy (non-hydrogen) atoms. The van der Waals surface area contributed by atoms with Crippen molar-refractivity contribution in [2.75, 3.05) is 68.8 Å². The molecule has 0 bridgehead atoms. The van der Waals surface area contributed by atoms with Gasteiger partial charge < -0.3 is 37.2 Å². The lowest BCUT2D eigenvalue weighted by molar-refractivity contribution is 0.122. The molecular formula is C20H50N2O6Si2. The van der Waals surface area contributed by atoms with Gasteiger partial charge in [-0.15, -0.1) is 0 Å². The molecule has 10 heteroatoms. The highest BCUT2D eigenvalue weighted by atomic mass is 28.4. The molecule has 0 aromatic rings. The number of unbranched alkanes of at least 4 members (excludes halogenated alkanes) is 2. The molecule has 0 aromatic heterocycles. The Hall–Kier alpha value is 0.114. The SMILES string of the molecule is CCCCNCCC[Si](OC)(OC)OC.CCCCNCCC[Si](OC)(OC)OC. The first-order valence-electron chi connectivity index (χ1n) is 11.2. The second kappa shape index (κ2) is 22.3. The van der Waals surface area contributed by atoms with Crippen LogP contribution in [0.25, 0.3) is 0 Å². The Balaban J connectivity index is 0. The maximum Gasteiger partial charge on any atom is 0.500 e. The summed E-state index contributed by atoms with van der Waals surface area (Å²) < 4.78 is 32.0. The summed E-state index contributed by atoms with van der Waals surface area (Å²) in [5, 5.41) is 6.77. The highest BCUT2D eigenvalue weighted by Gasteiger charge is 2.37. The fraction of sp³-hybridized carbons (Fsp3) is 1.00. The minimum Gasteiger partial charge on any atom is -0.377 e. The monoisotopic (exact) mass is 470 g/mol. The predicted molar refractivity (Wildman–Crippen MR) is 128 cm³/mol. The predicted octanol–water partition coefficient (Wildman–Crippen LogP) is 3.29. The van der Waals surface area contributed by atoms with Crippen LogP contribution in [-0.2, 0) is 26.6 Å². The van der Waals surface area contributed by atoms with E-state index >= 15 is 0 Å². The molecule has 0 aliphatic rings. The van der Waals surface area contributed by atoms with Gasteiger partial charge in [-0.3, -0.25) is 0 Å². The average molecular weight is 471 g/mol. The summed E-state index contributed by atoms with van der Waals surface area (Å²) in [4.78, 5) is 0. The highest BCUT2D eigenvalue weighted by molar-refractivity contribution is 6.60. The zero-order valence-corrected chi connectivity index (χ0v) is 22.9. The van der Waals surface area contributed by atoms with E-state index in [4.69, 9.17) is 26.6 Å². The van der Waals surface area contributed by atoms with E-state index < -0.39 is 17.6 Å². The van der Waals surface area contributed by atoms with E-state index in [1.54, 1.807) is 42.7 Å². The normalized spacial score (nSPS) is 12.0. The molecule has 8 nitrogen and oxygen atoms in total. The first kappa shape index (κ1) is 32.3. The van der Waals surface area contributed by atoms with Crippen molar-refractivity contribution in [3.63, 3.8) is 0 Å². The lowest BCUT2D eigenvalue weighted by Crippen LogP contribution is -2.43. The van der Waals surface area contributed by atoms with Gasteiger partial charge in [-0.05, 0) is 51.9 Å². The number of hydrogen-bond donors (Lipinski definition) is 2. The van der Waals surface area contributed by atoms with Crippen LogP contribution in [0.4, 0.5) is 0 Å². The van der Waals surface area contributed by atoms with Crippen LogP contribution in [-0.4, -0.2) is 86.4 Å². The maximum absolute atomic E-state index is 5.33. The summed E-state index contributed by atoms with van der Waals surface area (Å²) in [6, 6.07) is 1.74. The molecule has 0 saturated heterocycles. The fourth-order valence-electron chi connectivity index (χ4n) is 2.83. The molecule has 184 valence electrons. The van der Waals surface area contributed by atoms with Gasteiger partial charge in [-0.25, -0.2) is 0 Å². The third-order valence-electron chi connectivity index (χ3n) is 4.95.